The Labute approximate surface area is 388 Å². The summed E-state index contributed by atoms with van der Waals surface area (Å²) in [6.45, 7) is 13.5. The van der Waals surface area contributed by atoms with Crippen molar-refractivity contribution < 1.29 is 47.5 Å². The number of phosphoric ester groups is 1. The molecule has 1 aromatic heterocycles. The molecule has 17 heteroatoms. The molecule has 0 bridgehead atoms. The first kappa shape index (κ1) is 51.3. The number of methoxy groups -OCH3 is 1. The maximum atomic E-state index is 15.0. The van der Waals surface area contributed by atoms with Crippen LogP contribution in [0.25, 0.3) is 11.3 Å². The number of nitrogens with one attached hydrogen (secondary N) is 3. The van der Waals surface area contributed by atoms with E-state index in [0.717, 1.165) is 27.9 Å². The van der Waals surface area contributed by atoms with E-state index in [1.807, 2.05) is 124 Å². The molecule has 1 aliphatic rings. The van der Waals surface area contributed by atoms with Crippen molar-refractivity contribution in [3.8, 4) is 11.3 Å². The zero-order valence-electron chi connectivity index (χ0n) is 39.0. The lowest BCUT2D eigenvalue weighted by Crippen LogP contribution is -2.60. The van der Waals surface area contributed by atoms with Crippen LogP contribution in [0.3, 0.4) is 0 Å². The molecule has 0 radical (unpaired) electrons. The van der Waals surface area contributed by atoms with E-state index in [9.17, 15) is 33.5 Å². The van der Waals surface area contributed by atoms with Gasteiger partial charge in [0, 0.05) is 37.4 Å². The topological polar surface area (TPSA) is 209 Å². The molecule has 1 aliphatic heterocycles. The molecule has 1 fully saturated rings. The zero-order valence-corrected chi connectivity index (χ0v) is 39.9. The first-order valence-corrected chi connectivity index (χ1v) is 23.6. The van der Waals surface area contributed by atoms with E-state index in [1.165, 1.54) is 14.0 Å². The van der Waals surface area contributed by atoms with E-state index in [1.54, 1.807) is 36.8 Å². The van der Waals surface area contributed by atoms with Crippen LogP contribution in [0.2, 0.25) is 0 Å². The van der Waals surface area contributed by atoms with E-state index >= 15 is 0 Å². The molecular formula is C49H65N6O10P. The molecular weight excluding hydrogens is 864 g/mol. The molecule has 4 aromatic rings. The molecule has 1 saturated heterocycles. The second kappa shape index (κ2) is 22.7. The Balaban J connectivity index is 1.55. The summed E-state index contributed by atoms with van der Waals surface area (Å²) in [6.07, 6.45) is -1.28. The third kappa shape index (κ3) is 15.2. The highest BCUT2D eigenvalue weighted by Gasteiger charge is 2.45. The van der Waals surface area contributed by atoms with Crippen LogP contribution in [0.1, 0.15) is 71.6 Å². The van der Waals surface area contributed by atoms with Gasteiger partial charge in [0.1, 0.15) is 12.1 Å². The number of urea groups is 1. The lowest BCUT2D eigenvalue weighted by atomic mass is 9.84. The SMILES string of the molecule is COC(=O)N[C@H](C(=O)N[C@@H](Cc1ccc(-c2ccccn2)cc1)C[C@H](OC(C)OP(=O)(O)O)[C@H](Cc1ccccc1)NC(=O)[C@@H](N1CCN(Cc2ccccc2)C1=O)C(C)(C)C)C(C)(C)C. The molecule has 356 valence electrons. The molecule has 1 unspecified atom stereocenters. The first-order valence-electron chi connectivity index (χ1n) is 22.1. The van der Waals surface area contributed by atoms with Crippen molar-refractivity contribution in [1.29, 1.82) is 0 Å². The van der Waals surface area contributed by atoms with E-state index < -0.39 is 73.1 Å². The molecule has 66 heavy (non-hydrogen) atoms. The van der Waals surface area contributed by atoms with Gasteiger partial charge in [-0.3, -0.25) is 19.1 Å². The van der Waals surface area contributed by atoms with Gasteiger partial charge < -0.3 is 45.0 Å². The number of carbonyl (C=O) groups excluding carboxylic acids is 4. The third-order valence-electron chi connectivity index (χ3n) is 11.3. The van der Waals surface area contributed by atoms with Crippen LogP contribution in [0.15, 0.2) is 109 Å². The molecule has 5 rings (SSSR count). The highest BCUT2D eigenvalue weighted by atomic mass is 31.2. The lowest BCUT2D eigenvalue weighted by molar-refractivity contribution is -0.143. The van der Waals surface area contributed by atoms with Gasteiger partial charge in [-0.05, 0) is 65.8 Å². The number of rotatable bonds is 20. The zero-order chi connectivity index (χ0) is 48.2. The number of aromatic nitrogens is 1. The average Bonchev–Trinajstić information content (AvgIpc) is 3.59. The fourth-order valence-electron chi connectivity index (χ4n) is 8.22. The normalized spacial score (nSPS) is 16.1. The molecule has 0 saturated carbocycles. The number of carbonyl (C=O) groups is 4. The summed E-state index contributed by atoms with van der Waals surface area (Å²) in [5.41, 5.74) is 2.70. The number of pyridine rings is 1. The number of phosphoric acid groups is 1. The average molecular weight is 929 g/mol. The van der Waals surface area contributed by atoms with Gasteiger partial charge in [-0.15, -0.1) is 0 Å². The molecule has 5 amide bonds. The van der Waals surface area contributed by atoms with E-state index in [-0.39, 0.29) is 25.3 Å². The van der Waals surface area contributed by atoms with Crippen LogP contribution in [-0.2, 0) is 47.5 Å². The first-order chi connectivity index (χ1) is 31.1. The van der Waals surface area contributed by atoms with Crippen molar-refractivity contribution >= 4 is 31.8 Å². The van der Waals surface area contributed by atoms with Crippen molar-refractivity contribution in [3.05, 3.63) is 126 Å². The number of hydrogen-bond acceptors (Lipinski definition) is 9. The fraction of sp³-hybridized carbons (Fsp3) is 0.449. The number of nitrogens with zero attached hydrogens (tertiary/aromatic N) is 3. The van der Waals surface area contributed by atoms with Gasteiger partial charge in [0.05, 0.1) is 24.9 Å². The van der Waals surface area contributed by atoms with Crippen molar-refractivity contribution in [3.63, 3.8) is 0 Å². The lowest BCUT2D eigenvalue weighted by Gasteiger charge is -2.39. The molecule has 3 aromatic carbocycles. The number of amides is 5. The van der Waals surface area contributed by atoms with Crippen LogP contribution in [0, 0.1) is 10.8 Å². The van der Waals surface area contributed by atoms with Gasteiger partial charge in [-0.1, -0.05) is 133 Å². The standard InChI is InChI=1S/C49H65N6O10P/c1-33(65-66(60,61)62)64-41(31-38(51-44(56)42(48(2,3)4)53-46(58)63-8)29-35-22-24-37(25-23-35)39-21-15-16-26-50-39)40(30-34-17-11-9-12-18-34)52-45(57)43(49(5,6)7)55-28-27-54(47(55)59)32-36-19-13-10-14-20-36/h9-26,33,38,40-43H,27-32H2,1-8H3,(H,51,56)(H,52,57)(H,53,58)(H2,60,61,62)/t33?,38-,40-,41-,42+,43+/m0/s1. The Bertz CT molecular complexity index is 2250. The minimum absolute atomic E-state index is 0.0247. The second-order valence-corrected chi connectivity index (χ2v) is 20.0. The monoisotopic (exact) mass is 928 g/mol. The van der Waals surface area contributed by atoms with Crippen LogP contribution in [0.5, 0.6) is 0 Å². The van der Waals surface area contributed by atoms with Crippen molar-refractivity contribution in [2.75, 3.05) is 20.2 Å². The quantitative estimate of drug-likeness (QED) is 0.0457. The van der Waals surface area contributed by atoms with Crippen LogP contribution in [-0.4, -0.2) is 105 Å². The number of alkyl carbamates (subject to hydrolysis) is 1. The largest absolute Gasteiger partial charge is 0.471 e. The van der Waals surface area contributed by atoms with Gasteiger partial charge in [0.25, 0.3) is 0 Å². The van der Waals surface area contributed by atoms with E-state index in [4.69, 9.17) is 14.0 Å². The van der Waals surface area contributed by atoms with Crippen molar-refractivity contribution in [2.24, 2.45) is 10.8 Å². The minimum Gasteiger partial charge on any atom is -0.453 e. The molecule has 2 heterocycles. The molecule has 0 spiro atoms. The highest BCUT2D eigenvalue weighted by molar-refractivity contribution is 7.46. The second-order valence-electron chi connectivity index (χ2n) is 18.8. The Morgan fingerprint density at radius 2 is 1.36 bits per heavy atom. The van der Waals surface area contributed by atoms with Crippen LogP contribution in [0.4, 0.5) is 9.59 Å². The third-order valence-corrected chi connectivity index (χ3v) is 11.9. The summed E-state index contributed by atoms with van der Waals surface area (Å²) in [5, 5.41) is 9.00. The van der Waals surface area contributed by atoms with Gasteiger partial charge in [0.15, 0.2) is 6.29 Å². The summed E-state index contributed by atoms with van der Waals surface area (Å²) in [4.78, 5) is 83.5. The smallest absolute Gasteiger partial charge is 0.453 e. The van der Waals surface area contributed by atoms with E-state index in [2.05, 4.69) is 20.9 Å². The van der Waals surface area contributed by atoms with Gasteiger partial charge in [-0.25, -0.2) is 14.2 Å². The summed E-state index contributed by atoms with van der Waals surface area (Å²) in [7, 11) is -3.86. The van der Waals surface area contributed by atoms with Crippen molar-refractivity contribution in [1.82, 2.24) is 30.7 Å². The van der Waals surface area contributed by atoms with Gasteiger partial charge >= 0.3 is 19.9 Å². The maximum Gasteiger partial charge on any atom is 0.471 e. The molecule has 16 nitrogen and oxygen atoms in total. The van der Waals surface area contributed by atoms with Crippen LogP contribution < -0.4 is 16.0 Å². The molecule has 6 atom stereocenters. The number of ether oxygens (including phenoxy) is 2. The van der Waals surface area contributed by atoms with E-state index in [0.29, 0.717) is 19.6 Å². The summed E-state index contributed by atoms with van der Waals surface area (Å²) < 4.78 is 28.5. The Hall–Kier alpha value is -5.64. The summed E-state index contributed by atoms with van der Waals surface area (Å²) >= 11 is 0. The predicted octanol–water partition coefficient (Wildman–Crippen LogP) is 6.86. The Kier molecular flexibility index (Phi) is 17.7. The number of hydrogen-bond donors (Lipinski definition) is 5. The van der Waals surface area contributed by atoms with Gasteiger partial charge in [0.2, 0.25) is 11.8 Å². The minimum atomic E-state index is -5.07. The van der Waals surface area contributed by atoms with Gasteiger partial charge in [-0.2, -0.15) is 0 Å². The Morgan fingerprint density at radius 1 is 0.758 bits per heavy atom. The van der Waals surface area contributed by atoms with Crippen molar-refractivity contribution in [2.45, 2.75) is 111 Å². The molecule has 0 aliphatic carbocycles. The van der Waals surface area contributed by atoms with Crippen LogP contribution >= 0.6 is 7.82 Å². The molecule has 5 N–H and O–H groups in total. The number of benzene rings is 3. The predicted molar refractivity (Wildman–Crippen MR) is 250 cm³/mol. The summed E-state index contributed by atoms with van der Waals surface area (Å²) in [5.74, 6) is -0.985. The maximum absolute atomic E-state index is 15.0. The fourth-order valence-corrected chi connectivity index (χ4v) is 8.65. The highest BCUT2D eigenvalue weighted by Crippen LogP contribution is 2.38. The summed E-state index contributed by atoms with van der Waals surface area (Å²) in [6, 6.07) is 28.3. The Morgan fingerprint density at radius 3 is 1.92 bits per heavy atom.